The van der Waals surface area contributed by atoms with Crippen LogP contribution in [0, 0.1) is 18.6 Å². The first-order valence-electron chi connectivity index (χ1n) is 10.7. The molecule has 0 spiro atoms. The summed E-state index contributed by atoms with van der Waals surface area (Å²) in [6, 6.07) is 12.8. The smallest absolute Gasteiger partial charge is 0.268 e. The molecule has 2 aromatic carbocycles. The summed E-state index contributed by atoms with van der Waals surface area (Å²) in [6.45, 7) is 2.30. The number of carbonyl (C=O) groups excluding carboxylic acids is 1. The molecule has 0 fully saturated rings. The van der Waals surface area contributed by atoms with E-state index in [9.17, 15) is 13.6 Å². The van der Waals surface area contributed by atoms with E-state index < -0.39 is 23.1 Å². The highest BCUT2D eigenvalue weighted by Gasteiger charge is 2.25. The van der Waals surface area contributed by atoms with Crippen LogP contribution in [0.15, 0.2) is 65.2 Å². The predicted octanol–water partition coefficient (Wildman–Crippen LogP) is 4.71. The summed E-state index contributed by atoms with van der Waals surface area (Å²) < 4.78 is 33.9. The van der Waals surface area contributed by atoms with Gasteiger partial charge in [0.1, 0.15) is 22.9 Å². The molecule has 3 heterocycles. The second kappa shape index (κ2) is 8.93. The standard InChI is InChI=1S/C25H19F2N5O2/c1-15-22(24-31-30-23(34-24)17-6-3-2-4-7-17)29-20(14-28-15)16-10-12-32(13-11-16)25(33)21-18(26)8-5-9-19(21)27/h2-10,14H,11-13H2,1H3. The van der Waals surface area contributed by atoms with E-state index in [1.807, 2.05) is 36.4 Å². The maximum Gasteiger partial charge on any atom is 0.268 e. The van der Waals surface area contributed by atoms with E-state index in [1.54, 1.807) is 13.1 Å². The third kappa shape index (κ3) is 4.07. The molecular weight excluding hydrogens is 440 g/mol. The molecule has 0 N–H and O–H groups in total. The van der Waals surface area contributed by atoms with E-state index in [0.29, 0.717) is 35.9 Å². The fourth-order valence-electron chi connectivity index (χ4n) is 3.77. The molecule has 0 unspecified atom stereocenters. The van der Waals surface area contributed by atoms with Gasteiger partial charge in [-0.2, -0.15) is 0 Å². The van der Waals surface area contributed by atoms with Crippen LogP contribution >= 0.6 is 0 Å². The van der Waals surface area contributed by atoms with E-state index in [1.165, 1.54) is 11.0 Å². The van der Waals surface area contributed by atoms with Crippen molar-refractivity contribution in [1.29, 1.82) is 0 Å². The molecule has 0 atom stereocenters. The van der Waals surface area contributed by atoms with Crippen molar-refractivity contribution in [3.05, 3.63) is 89.4 Å². The van der Waals surface area contributed by atoms with Gasteiger partial charge in [-0.3, -0.25) is 9.78 Å². The lowest BCUT2D eigenvalue weighted by molar-refractivity contribution is 0.0763. The van der Waals surface area contributed by atoms with Crippen molar-refractivity contribution in [3.8, 4) is 23.0 Å². The van der Waals surface area contributed by atoms with Crippen LogP contribution in [-0.4, -0.2) is 44.1 Å². The third-order valence-electron chi connectivity index (χ3n) is 5.61. The Kier molecular flexibility index (Phi) is 5.67. The van der Waals surface area contributed by atoms with E-state index in [4.69, 9.17) is 4.42 Å². The minimum Gasteiger partial charge on any atom is -0.415 e. The molecule has 2 aromatic heterocycles. The van der Waals surface area contributed by atoms with E-state index in [-0.39, 0.29) is 12.4 Å². The van der Waals surface area contributed by atoms with Gasteiger partial charge < -0.3 is 9.32 Å². The van der Waals surface area contributed by atoms with E-state index in [0.717, 1.165) is 23.3 Å². The second-order valence-electron chi connectivity index (χ2n) is 7.79. The first-order valence-corrected chi connectivity index (χ1v) is 10.7. The van der Waals surface area contributed by atoms with Crippen molar-refractivity contribution in [2.75, 3.05) is 13.1 Å². The van der Waals surface area contributed by atoms with Gasteiger partial charge >= 0.3 is 0 Å². The molecule has 0 saturated carbocycles. The number of aromatic nitrogens is 4. The average molecular weight is 459 g/mol. The van der Waals surface area contributed by atoms with Crippen LogP contribution in [-0.2, 0) is 0 Å². The van der Waals surface area contributed by atoms with E-state index >= 15 is 0 Å². The molecule has 1 amide bonds. The number of carbonyl (C=O) groups is 1. The number of nitrogens with zero attached hydrogens (tertiary/aromatic N) is 5. The Morgan fingerprint density at radius 1 is 1.00 bits per heavy atom. The monoisotopic (exact) mass is 459 g/mol. The van der Waals surface area contributed by atoms with Gasteiger partial charge in [0.05, 0.1) is 17.6 Å². The molecule has 0 saturated heterocycles. The molecule has 4 aromatic rings. The van der Waals surface area contributed by atoms with Crippen LogP contribution in [0.1, 0.15) is 28.2 Å². The highest BCUT2D eigenvalue weighted by atomic mass is 19.1. The zero-order valence-corrected chi connectivity index (χ0v) is 18.2. The van der Waals surface area contributed by atoms with E-state index in [2.05, 4.69) is 20.2 Å². The number of halogens is 2. The van der Waals surface area contributed by atoms with Gasteiger partial charge in [0.15, 0.2) is 0 Å². The lowest BCUT2D eigenvalue weighted by Gasteiger charge is -2.26. The first-order chi connectivity index (χ1) is 16.5. The number of amides is 1. The van der Waals surface area contributed by atoms with Gasteiger partial charge in [0.2, 0.25) is 5.89 Å². The van der Waals surface area contributed by atoms with Crippen molar-refractivity contribution < 1.29 is 18.0 Å². The van der Waals surface area contributed by atoms with Crippen molar-refractivity contribution >= 4 is 11.5 Å². The maximum atomic E-state index is 14.0. The number of hydrogen-bond acceptors (Lipinski definition) is 6. The fraction of sp³-hybridized carbons (Fsp3) is 0.160. The zero-order chi connectivity index (χ0) is 23.7. The quantitative estimate of drug-likeness (QED) is 0.439. The summed E-state index contributed by atoms with van der Waals surface area (Å²) in [6.07, 6.45) is 3.91. The summed E-state index contributed by atoms with van der Waals surface area (Å²) in [5.41, 5.74) is 2.85. The summed E-state index contributed by atoms with van der Waals surface area (Å²) in [5, 5.41) is 8.25. The van der Waals surface area contributed by atoms with Crippen LogP contribution in [0.3, 0.4) is 0 Å². The number of aryl methyl sites for hydroxylation is 1. The van der Waals surface area contributed by atoms with Crippen LogP contribution in [0.5, 0.6) is 0 Å². The van der Waals surface area contributed by atoms with Crippen LogP contribution in [0.2, 0.25) is 0 Å². The highest BCUT2D eigenvalue weighted by molar-refractivity contribution is 5.95. The number of rotatable bonds is 4. The number of hydrogen-bond donors (Lipinski definition) is 0. The Morgan fingerprint density at radius 2 is 1.74 bits per heavy atom. The Morgan fingerprint density at radius 3 is 2.44 bits per heavy atom. The Bertz CT molecular complexity index is 1380. The molecule has 170 valence electrons. The second-order valence-corrected chi connectivity index (χ2v) is 7.79. The molecule has 0 aliphatic carbocycles. The van der Waals surface area contributed by atoms with Gasteiger partial charge in [-0.25, -0.2) is 13.8 Å². The first kappa shape index (κ1) is 21.6. The van der Waals surface area contributed by atoms with Gasteiger partial charge in [0, 0.05) is 18.7 Å². The Labute approximate surface area is 193 Å². The Hall–Kier alpha value is -4.27. The number of benzene rings is 2. The average Bonchev–Trinajstić information content (AvgIpc) is 3.35. The van der Waals surface area contributed by atoms with Crippen LogP contribution in [0.25, 0.3) is 28.6 Å². The molecule has 1 aliphatic rings. The van der Waals surface area contributed by atoms with Gasteiger partial charge in [0.25, 0.3) is 11.8 Å². The molecule has 0 radical (unpaired) electrons. The summed E-state index contributed by atoms with van der Waals surface area (Å²) >= 11 is 0. The molecule has 1 aliphatic heterocycles. The lowest BCUT2D eigenvalue weighted by atomic mass is 10.0. The topological polar surface area (TPSA) is 85.0 Å². The molecule has 34 heavy (non-hydrogen) atoms. The fourth-order valence-corrected chi connectivity index (χ4v) is 3.77. The third-order valence-corrected chi connectivity index (χ3v) is 5.61. The summed E-state index contributed by atoms with van der Waals surface area (Å²) in [7, 11) is 0. The normalized spacial score (nSPS) is 13.6. The largest absolute Gasteiger partial charge is 0.415 e. The Balaban J connectivity index is 1.38. The molecule has 5 rings (SSSR count). The van der Waals surface area contributed by atoms with Crippen molar-refractivity contribution in [1.82, 2.24) is 25.1 Å². The van der Waals surface area contributed by atoms with Gasteiger partial charge in [-0.05, 0) is 43.2 Å². The summed E-state index contributed by atoms with van der Waals surface area (Å²) in [4.78, 5) is 23.2. The SMILES string of the molecule is Cc1ncc(C2=CCN(C(=O)c3c(F)cccc3F)CC2)nc1-c1nnc(-c2ccccc2)o1. The lowest BCUT2D eigenvalue weighted by Crippen LogP contribution is -2.35. The summed E-state index contributed by atoms with van der Waals surface area (Å²) in [5.74, 6) is -1.78. The van der Waals surface area contributed by atoms with Crippen molar-refractivity contribution in [2.24, 2.45) is 0 Å². The molecule has 7 nitrogen and oxygen atoms in total. The minimum absolute atomic E-state index is 0.200. The van der Waals surface area contributed by atoms with Gasteiger partial charge in [-0.15, -0.1) is 10.2 Å². The molecule has 9 heteroatoms. The maximum absolute atomic E-state index is 14.0. The minimum atomic E-state index is -0.872. The highest BCUT2D eigenvalue weighted by Crippen LogP contribution is 2.28. The van der Waals surface area contributed by atoms with Gasteiger partial charge in [-0.1, -0.05) is 30.3 Å². The zero-order valence-electron chi connectivity index (χ0n) is 18.2. The van der Waals surface area contributed by atoms with Crippen molar-refractivity contribution in [2.45, 2.75) is 13.3 Å². The predicted molar refractivity (Wildman–Crippen MR) is 120 cm³/mol. The molecular formula is C25H19F2N5O2. The molecule has 0 bridgehead atoms. The van der Waals surface area contributed by atoms with Crippen LogP contribution < -0.4 is 0 Å². The van der Waals surface area contributed by atoms with Crippen LogP contribution in [0.4, 0.5) is 8.78 Å². The van der Waals surface area contributed by atoms with Crippen molar-refractivity contribution in [3.63, 3.8) is 0 Å².